The van der Waals surface area contributed by atoms with Gasteiger partial charge in [0.1, 0.15) is 11.3 Å². The van der Waals surface area contributed by atoms with E-state index in [0.717, 1.165) is 0 Å². The Hall–Kier alpha value is -1.90. The number of aromatic nitrogens is 3. The molecule has 28 heavy (non-hydrogen) atoms. The lowest BCUT2D eigenvalue weighted by molar-refractivity contribution is 0.0948. The Bertz CT molecular complexity index is 904. The van der Waals surface area contributed by atoms with E-state index < -0.39 is 11.2 Å². The number of H-pyrrole nitrogens is 2. The lowest BCUT2D eigenvalue weighted by Crippen LogP contribution is -2.37. The molecular weight excluding hydrogens is 405 g/mol. The molecule has 2 aromatic rings. The van der Waals surface area contributed by atoms with Crippen molar-refractivity contribution < 1.29 is 4.79 Å². The van der Waals surface area contributed by atoms with Crippen molar-refractivity contribution in [3.05, 3.63) is 38.2 Å². The van der Waals surface area contributed by atoms with Crippen LogP contribution in [0.1, 0.15) is 54.6 Å². The van der Waals surface area contributed by atoms with Gasteiger partial charge in [0.15, 0.2) is 0 Å². The molecule has 10 heteroatoms. The number of hydrogen-bond acceptors (Lipinski definition) is 5. The monoisotopic (exact) mass is 431 g/mol. The van der Waals surface area contributed by atoms with Gasteiger partial charge in [-0.15, -0.1) is 24.8 Å². The van der Waals surface area contributed by atoms with Crippen molar-refractivity contribution in [2.24, 2.45) is 0 Å². The van der Waals surface area contributed by atoms with Gasteiger partial charge in [0.05, 0.1) is 5.39 Å². The highest BCUT2D eigenvalue weighted by Crippen LogP contribution is 2.16. The molecule has 156 valence electrons. The third-order valence-corrected chi connectivity index (χ3v) is 4.83. The third-order valence-electron chi connectivity index (χ3n) is 4.83. The molecule has 0 aromatic carbocycles. The van der Waals surface area contributed by atoms with Gasteiger partial charge in [-0.3, -0.25) is 19.6 Å². The predicted octanol–water partition coefficient (Wildman–Crippen LogP) is 1.81. The average molecular weight is 432 g/mol. The number of amides is 1. The third kappa shape index (κ3) is 6.05. The normalized spacial score (nSPS) is 14.6. The van der Waals surface area contributed by atoms with Crippen LogP contribution >= 0.6 is 24.8 Å². The molecule has 2 heterocycles. The summed E-state index contributed by atoms with van der Waals surface area (Å²) in [7, 11) is 0. The number of rotatable bonds is 5. The van der Waals surface area contributed by atoms with E-state index in [4.69, 9.17) is 0 Å². The van der Waals surface area contributed by atoms with Crippen LogP contribution in [0.2, 0.25) is 0 Å². The summed E-state index contributed by atoms with van der Waals surface area (Å²) in [5.74, 6) is -0.321. The van der Waals surface area contributed by atoms with E-state index >= 15 is 0 Å². The number of carbonyl (C=O) groups excluding carboxylic acids is 1. The SMILES string of the molecule is Cc1cc(C(=O)NCCNC2CCCCCC2)nc2[nH]c(=O)[nH]c(=O)c12.Cl.Cl. The van der Waals surface area contributed by atoms with Gasteiger partial charge in [-0.2, -0.15) is 0 Å². The Balaban J connectivity index is 0.00000196. The molecule has 1 fully saturated rings. The Morgan fingerprint density at radius 2 is 1.79 bits per heavy atom. The van der Waals surface area contributed by atoms with E-state index in [-0.39, 0.29) is 47.4 Å². The van der Waals surface area contributed by atoms with E-state index in [9.17, 15) is 14.4 Å². The molecule has 0 saturated heterocycles. The molecule has 3 rings (SSSR count). The van der Waals surface area contributed by atoms with Crippen LogP contribution in [0.25, 0.3) is 11.0 Å². The van der Waals surface area contributed by atoms with Crippen molar-refractivity contribution in [2.45, 2.75) is 51.5 Å². The molecule has 0 bridgehead atoms. The summed E-state index contributed by atoms with van der Waals surface area (Å²) in [5.41, 5.74) is -0.242. The zero-order chi connectivity index (χ0) is 18.5. The minimum Gasteiger partial charge on any atom is -0.349 e. The zero-order valence-electron chi connectivity index (χ0n) is 15.8. The van der Waals surface area contributed by atoms with Crippen molar-refractivity contribution >= 4 is 41.8 Å². The van der Waals surface area contributed by atoms with E-state index in [1.807, 2.05) is 0 Å². The number of nitrogens with one attached hydrogen (secondary N) is 4. The van der Waals surface area contributed by atoms with E-state index in [2.05, 4.69) is 25.6 Å². The summed E-state index contributed by atoms with van der Waals surface area (Å²) < 4.78 is 0. The Kier molecular flexibility index (Phi) is 9.64. The summed E-state index contributed by atoms with van der Waals surface area (Å²) in [5, 5.41) is 6.62. The lowest BCUT2D eigenvalue weighted by atomic mass is 10.1. The second kappa shape index (κ2) is 11.2. The smallest absolute Gasteiger partial charge is 0.327 e. The maximum atomic E-state index is 12.3. The molecule has 1 saturated carbocycles. The van der Waals surface area contributed by atoms with Crippen LogP contribution in [0.3, 0.4) is 0 Å². The summed E-state index contributed by atoms with van der Waals surface area (Å²) in [6.45, 7) is 2.92. The molecule has 1 amide bonds. The van der Waals surface area contributed by atoms with Crippen molar-refractivity contribution in [3.8, 4) is 0 Å². The van der Waals surface area contributed by atoms with Crippen LogP contribution in [0.15, 0.2) is 15.7 Å². The molecule has 0 spiro atoms. The first-order chi connectivity index (χ1) is 12.5. The summed E-state index contributed by atoms with van der Waals surface area (Å²) in [6.07, 6.45) is 7.55. The maximum absolute atomic E-state index is 12.3. The molecule has 1 aliphatic carbocycles. The molecule has 8 nitrogen and oxygen atoms in total. The fourth-order valence-corrected chi connectivity index (χ4v) is 3.50. The first-order valence-corrected chi connectivity index (χ1v) is 9.20. The Morgan fingerprint density at radius 1 is 1.11 bits per heavy atom. The van der Waals surface area contributed by atoms with E-state index in [1.165, 1.54) is 38.5 Å². The van der Waals surface area contributed by atoms with Crippen molar-refractivity contribution in [1.29, 1.82) is 0 Å². The minimum absolute atomic E-state index is 0. The van der Waals surface area contributed by atoms with Gasteiger partial charge in [0.2, 0.25) is 0 Å². The number of pyridine rings is 1. The summed E-state index contributed by atoms with van der Waals surface area (Å²) in [4.78, 5) is 44.4. The van der Waals surface area contributed by atoms with E-state index in [1.54, 1.807) is 13.0 Å². The van der Waals surface area contributed by atoms with Crippen LogP contribution in [-0.4, -0.2) is 40.0 Å². The van der Waals surface area contributed by atoms with Crippen LogP contribution in [0, 0.1) is 6.92 Å². The maximum Gasteiger partial charge on any atom is 0.327 e. The van der Waals surface area contributed by atoms with Crippen LogP contribution in [0.4, 0.5) is 0 Å². The Morgan fingerprint density at radius 3 is 2.46 bits per heavy atom. The lowest BCUT2D eigenvalue weighted by Gasteiger charge is -2.16. The van der Waals surface area contributed by atoms with Crippen LogP contribution in [0.5, 0.6) is 0 Å². The fraction of sp³-hybridized carbons (Fsp3) is 0.556. The van der Waals surface area contributed by atoms with Gasteiger partial charge in [-0.05, 0) is 31.4 Å². The van der Waals surface area contributed by atoms with Gasteiger partial charge >= 0.3 is 5.69 Å². The first-order valence-electron chi connectivity index (χ1n) is 9.20. The van der Waals surface area contributed by atoms with Crippen LogP contribution in [-0.2, 0) is 0 Å². The molecule has 2 aromatic heterocycles. The number of aromatic amines is 2. The van der Waals surface area contributed by atoms with Crippen molar-refractivity contribution in [2.75, 3.05) is 13.1 Å². The van der Waals surface area contributed by atoms with Crippen LogP contribution < -0.4 is 21.9 Å². The van der Waals surface area contributed by atoms with E-state index in [0.29, 0.717) is 24.7 Å². The molecular formula is C18H27Cl2N5O3. The van der Waals surface area contributed by atoms with Gasteiger partial charge in [-0.25, -0.2) is 9.78 Å². The number of nitrogens with zero attached hydrogens (tertiary/aromatic N) is 1. The van der Waals surface area contributed by atoms with Crippen molar-refractivity contribution in [3.63, 3.8) is 0 Å². The number of carbonyl (C=O) groups is 1. The number of hydrogen-bond donors (Lipinski definition) is 4. The summed E-state index contributed by atoms with van der Waals surface area (Å²) in [6, 6.07) is 2.09. The predicted molar refractivity (Wildman–Crippen MR) is 114 cm³/mol. The largest absolute Gasteiger partial charge is 0.349 e. The highest BCUT2D eigenvalue weighted by Gasteiger charge is 2.14. The van der Waals surface area contributed by atoms with Gasteiger partial charge in [0.25, 0.3) is 11.5 Å². The molecule has 0 atom stereocenters. The standard InChI is InChI=1S/C18H25N5O3.2ClH/c1-11-10-13(21-15-14(11)17(25)23-18(26)22-15)16(24)20-9-8-19-12-6-4-2-3-5-7-12;;/h10,12,19H,2-9H2,1H3,(H,20,24)(H2,21,22,23,25,26);2*1H. The fourth-order valence-electron chi connectivity index (χ4n) is 3.50. The molecule has 0 unspecified atom stereocenters. The molecule has 4 N–H and O–H groups in total. The number of aryl methyl sites for hydroxylation is 1. The Labute approximate surface area is 175 Å². The topological polar surface area (TPSA) is 120 Å². The second-order valence-corrected chi connectivity index (χ2v) is 6.85. The highest BCUT2D eigenvalue weighted by atomic mass is 35.5. The molecule has 0 radical (unpaired) electrons. The first kappa shape index (κ1) is 24.1. The van der Waals surface area contributed by atoms with Gasteiger partial charge < -0.3 is 10.6 Å². The summed E-state index contributed by atoms with van der Waals surface area (Å²) >= 11 is 0. The molecule has 0 aliphatic heterocycles. The number of halogens is 2. The number of fused-ring (bicyclic) bond motifs is 1. The van der Waals surface area contributed by atoms with Gasteiger partial charge in [-0.1, -0.05) is 25.7 Å². The zero-order valence-corrected chi connectivity index (χ0v) is 17.4. The van der Waals surface area contributed by atoms with Crippen molar-refractivity contribution in [1.82, 2.24) is 25.6 Å². The minimum atomic E-state index is -0.639. The van der Waals surface area contributed by atoms with Gasteiger partial charge in [0, 0.05) is 19.1 Å². The quantitative estimate of drug-likeness (QED) is 0.424. The average Bonchev–Trinajstić information content (AvgIpc) is 2.86. The molecule has 1 aliphatic rings. The highest BCUT2D eigenvalue weighted by molar-refractivity contribution is 5.95. The second-order valence-electron chi connectivity index (χ2n) is 6.85.